The van der Waals surface area contributed by atoms with Gasteiger partial charge in [0.1, 0.15) is 0 Å². The first kappa shape index (κ1) is 20.6. The van der Waals surface area contributed by atoms with E-state index in [4.69, 9.17) is 26.6 Å². The third kappa shape index (κ3) is 4.94. The number of aromatic nitrogens is 2. The topological polar surface area (TPSA) is 103 Å². The molecule has 1 aromatic heterocycles. The summed E-state index contributed by atoms with van der Waals surface area (Å²) in [6, 6.07) is 6.13. The number of carbonyl (C=O) groups excluding carboxylic acids is 1. The SMILES string of the molecule is CC(NC(=O)C(N)C1CCOCC1)c1noc(-c2ccc(Cl)cc2)n1.Cl. The zero-order valence-electron chi connectivity index (χ0n) is 14.4. The summed E-state index contributed by atoms with van der Waals surface area (Å²) in [7, 11) is 0. The fourth-order valence-corrected chi connectivity index (χ4v) is 2.91. The Bertz CT molecular complexity index is 717. The van der Waals surface area contributed by atoms with E-state index in [0.29, 0.717) is 30.0 Å². The van der Waals surface area contributed by atoms with Gasteiger partial charge in [0, 0.05) is 23.8 Å². The molecule has 0 saturated carbocycles. The van der Waals surface area contributed by atoms with Crippen molar-refractivity contribution in [3.05, 3.63) is 35.1 Å². The van der Waals surface area contributed by atoms with Crippen molar-refractivity contribution >= 4 is 29.9 Å². The van der Waals surface area contributed by atoms with E-state index < -0.39 is 12.1 Å². The second kappa shape index (κ2) is 9.32. The van der Waals surface area contributed by atoms with Crippen molar-refractivity contribution in [1.29, 1.82) is 0 Å². The van der Waals surface area contributed by atoms with E-state index in [2.05, 4.69) is 15.5 Å². The molecule has 2 atom stereocenters. The zero-order valence-corrected chi connectivity index (χ0v) is 15.9. The monoisotopic (exact) mass is 400 g/mol. The quantitative estimate of drug-likeness (QED) is 0.799. The van der Waals surface area contributed by atoms with Crippen LogP contribution in [0.5, 0.6) is 0 Å². The molecule has 2 unspecified atom stereocenters. The molecule has 26 heavy (non-hydrogen) atoms. The molecule has 0 bridgehead atoms. The number of carbonyl (C=O) groups is 1. The first-order valence-electron chi connectivity index (χ1n) is 8.28. The normalized spacial score (nSPS) is 17.2. The van der Waals surface area contributed by atoms with Gasteiger partial charge in [-0.25, -0.2) is 0 Å². The van der Waals surface area contributed by atoms with Crippen molar-refractivity contribution < 1.29 is 14.1 Å². The molecule has 0 spiro atoms. The molecule has 1 fully saturated rings. The van der Waals surface area contributed by atoms with E-state index in [0.717, 1.165) is 18.4 Å². The second-order valence-corrected chi connectivity index (χ2v) is 6.61. The van der Waals surface area contributed by atoms with Crippen LogP contribution in [0.3, 0.4) is 0 Å². The number of hydrogen-bond acceptors (Lipinski definition) is 6. The maximum atomic E-state index is 12.4. The molecule has 2 aromatic rings. The molecule has 3 rings (SSSR count). The summed E-state index contributed by atoms with van der Waals surface area (Å²) in [5, 5.41) is 7.43. The molecule has 0 radical (unpaired) electrons. The van der Waals surface area contributed by atoms with Crippen molar-refractivity contribution in [1.82, 2.24) is 15.5 Å². The average molecular weight is 401 g/mol. The van der Waals surface area contributed by atoms with E-state index in [1.807, 2.05) is 0 Å². The Balaban J connectivity index is 0.00000243. The number of rotatable bonds is 5. The first-order valence-corrected chi connectivity index (χ1v) is 8.65. The molecule has 3 N–H and O–H groups in total. The molecule has 142 valence electrons. The number of ether oxygens (including phenoxy) is 1. The van der Waals surface area contributed by atoms with Gasteiger partial charge >= 0.3 is 0 Å². The summed E-state index contributed by atoms with van der Waals surface area (Å²) in [6.45, 7) is 3.10. The average Bonchev–Trinajstić information content (AvgIpc) is 3.12. The van der Waals surface area contributed by atoms with Crippen LogP contribution >= 0.6 is 24.0 Å². The summed E-state index contributed by atoms with van der Waals surface area (Å²) in [5.74, 6) is 0.701. The molecular weight excluding hydrogens is 379 g/mol. The van der Waals surface area contributed by atoms with Gasteiger partial charge in [-0.1, -0.05) is 16.8 Å². The highest BCUT2D eigenvalue weighted by atomic mass is 35.5. The predicted molar refractivity (Wildman–Crippen MR) is 100 cm³/mol. The van der Waals surface area contributed by atoms with Crippen LogP contribution in [0.2, 0.25) is 5.02 Å². The Hall–Kier alpha value is -1.67. The van der Waals surface area contributed by atoms with E-state index in [1.54, 1.807) is 31.2 Å². The van der Waals surface area contributed by atoms with Gasteiger partial charge in [0.25, 0.3) is 5.89 Å². The standard InChI is InChI=1S/C17H21ClN4O3.ClH/c1-10(20-16(23)14(19)11-6-8-24-9-7-11)15-21-17(25-22-15)12-2-4-13(18)5-3-12;/h2-5,10-11,14H,6-9,19H2,1H3,(H,20,23);1H. The van der Waals surface area contributed by atoms with Gasteiger partial charge in [0.05, 0.1) is 12.1 Å². The van der Waals surface area contributed by atoms with Crippen LogP contribution in [0.1, 0.15) is 31.6 Å². The Morgan fingerprint density at radius 2 is 1.96 bits per heavy atom. The van der Waals surface area contributed by atoms with Gasteiger partial charge in [0.2, 0.25) is 5.91 Å². The third-order valence-corrected chi connectivity index (χ3v) is 4.61. The minimum absolute atomic E-state index is 0. The highest BCUT2D eigenvalue weighted by Gasteiger charge is 2.28. The predicted octanol–water partition coefficient (Wildman–Crippen LogP) is 2.74. The first-order chi connectivity index (χ1) is 12.0. The van der Waals surface area contributed by atoms with Crippen LogP contribution in [0.4, 0.5) is 0 Å². The van der Waals surface area contributed by atoms with Gasteiger partial charge in [0.15, 0.2) is 5.82 Å². The van der Waals surface area contributed by atoms with Crippen LogP contribution < -0.4 is 11.1 Å². The van der Waals surface area contributed by atoms with Crippen LogP contribution in [-0.2, 0) is 9.53 Å². The van der Waals surface area contributed by atoms with Gasteiger partial charge in [-0.2, -0.15) is 4.98 Å². The van der Waals surface area contributed by atoms with E-state index in [9.17, 15) is 4.79 Å². The summed E-state index contributed by atoms with van der Waals surface area (Å²) in [6.07, 6.45) is 1.60. The molecule has 1 aliphatic heterocycles. The van der Waals surface area contributed by atoms with Crippen molar-refractivity contribution in [2.24, 2.45) is 11.7 Å². The van der Waals surface area contributed by atoms with Crippen LogP contribution in [0, 0.1) is 5.92 Å². The molecule has 1 aromatic carbocycles. The summed E-state index contributed by atoms with van der Waals surface area (Å²) < 4.78 is 10.6. The highest BCUT2D eigenvalue weighted by Crippen LogP contribution is 2.22. The van der Waals surface area contributed by atoms with Crippen LogP contribution in [-0.4, -0.2) is 35.3 Å². The number of nitrogens with zero attached hydrogens (tertiary/aromatic N) is 2. The van der Waals surface area contributed by atoms with Gasteiger partial charge in [-0.15, -0.1) is 12.4 Å². The van der Waals surface area contributed by atoms with Gasteiger partial charge < -0.3 is 20.3 Å². The Morgan fingerprint density at radius 1 is 1.31 bits per heavy atom. The third-order valence-electron chi connectivity index (χ3n) is 4.36. The number of nitrogens with one attached hydrogen (secondary N) is 1. The summed E-state index contributed by atoms with van der Waals surface area (Å²) in [5.41, 5.74) is 6.85. The highest BCUT2D eigenvalue weighted by molar-refractivity contribution is 6.30. The molecule has 0 aliphatic carbocycles. The van der Waals surface area contributed by atoms with Gasteiger partial charge in [-0.05, 0) is 49.9 Å². The Morgan fingerprint density at radius 3 is 2.62 bits per heavy atom. The molecule has 2 heterocycles. The van der Waals surface area contributed by atoms with Gasteiger partial charge in [-0.3, -0.25) is 4.79 Å². The number of halogens is 2. The van der Waals surface area contributed by atoms with Crippen LogP contribution in [0.15, 0.2) is 28.8 Å². The van der Waals surface area contributed by atoms with Crippen molar-refractivity contribution in [2.45, 2.75) is 31.8 Å². The lowest BCUT2D eigenvalue weighted by Crippen LogP contribution is -2.47. The molecule has 1 aliphatic rings. The molecule has 9 heteroatoms. The fourth-order valence-electron chi connectivity index (χ4n) is 2.78. The maximum absolute atomic E-state index is 12.4. The number of hydrogen-bond donors (Lipinski definition) is 2. The second-order valence-electron chi connectivity index (χ2n) is 6.17. The van der Waals surface area contributed by atoms with E-state index in [1.165, 1.54) is 0 Å². The number of benzene rings is 1. The molecule has 1 saturated heterocycles. The fraction of sp³-hybridized carbons (Fsp3) is 0.471. The van der Waals surface area contributed by atoms with Crippen molar-refractivity contribution in [2.75, 3.05) is 13.2 Å². The van der Waals surface area contributed by atoms with E-state index >= 15 is 0 Å². The molecule has 7 nitrogen and oxygen atoms in total. The van der Waals surface area contributed by atoms with E-state index in [-0.39, 0.29) is 24.2 Å². The lowest BCUT2D eigenvalue weighted by Gasteiger charge is -2.27. The number of amides is 1. The zero-order chi connectivity index (χ0) is 17.8. The maximum Gasteiger partial charge on any atom is 0.257 e. The molecular formula is C17H22Cl2N4O3. The van der Waals surface area contributed by atoms with Crippen molar-refractivity contribution in [3.63, 3.8) is 0 Å². The summed E-state index contributed by atoms with van der Waals surface area (Å²) >= 11 is 5.87. The Kier molecular flexibility index (Phi) is 7.40. The lowest BCUT2D eigenvalue weighted by molar-refractivity contribution is -0.125. The smallest absolute Gasteiger partial charge is 0.257 e. The molecule has 1 amide bonds. The summed E-state index contributed by atoms with van der Waals surface area (Å²) in [4.78, 5) is 16.7. The van der Waals surface area contributed by atoms with Crippen LogP contribution in [0.25, 0.3) is 11.5 Å². The minimum atomic E-state index is -0.561. The Labute approximate surface area is 163 Å². The largest absolute Gasteiger partial charge is 0.381 e. The minimum Gasteiger partial charge on any atom is -0.381 e. The lowest BCUT2D eigenvalue weighted by atomic mass is 9.91. The number of nitrogens with two attached hydrogens (primary N) is 1. The van der Waals surface area contributed by atoms with Crippen molar-refractivity contribution in [3.8, 4) is 11.5 Å².